The fourth-order valence-electron chi connectivity index (χ4n) is 2.81. The van der Waals surface area contributed by atoms with Gasteiger partial charge in [-0.2, -0.15) is 0 Å². The number of amides is 1. The minimum atomic E-state index is -0.510. The Labute approximate surface area is 162 Å². The van der Waals surface area contributed by atoms with E-state index in [1.54, 1.807) is 55.5 Å². The Kier molecular flexibility index (Phi) is 5.78. The Hall–Kier alpha value is -3.55. The van der Waals surface area contributed by atoms with Crippen molar-refractivity contribution in [3.8, 4) is 5.75 Å². The number of benzene rings is 2. The highest BCUT2D eigenvalue weighted by molar-refractivity contribution is 5.97. The standard InChI is InChI=1S/C20H21N3O5/c1-2-26-19(24)16-8-3-4-9-17(16)27-12-15-11-23(20(25)28-15)14-7-5-6-13(10-14)18(21)22/h3-10,15H,2,11-12H2,1H3,(H3,21,22). The lowest BCUT2D eigenvalue weighted by molar-refractivity contribution is 0.0516. The topological polar surface area (TPSA) is 115 Å². The fourth-order valence-corrected chi connectivity index (χ4v) is 2.81. The fraction of sp³-hybridized carbons (Fsp3) is 0.250. The maximum Gasteiger partial charge on any atom is 0.414 e. The second-order valence-electron chi connectivity index (χ2n) is 6.11. The summed E-state index contributed by atoms with van der Waals surface area (Å²) >= 11 is 0. The first-order valence-corrected chi connectivity index (χ1v) is 8.81. The number of nitrogen functional groups attached to an aromatic ring is 1. The zero-order chi connectivity index (χ0) is 20.1. The monoisotopic (exact) mass is 383 g/mol. The van der Waals surface area contributed by atoms with Crippen molar-refractivity contribution >= 4 is 23.6 Å². The number of carbonyl (C=O) groups excluding carboxylic acids is 2. The molecule has 0 saturated carbocycles. The van der Waals surface area contributed by atoms with Crippen LogP contribution in [0.25, 0.3) is 0 Å². The minimum Gasteiger partial charge on any atom is -0.489 e. The van der Waals surface area contributed by atoms with Gasteiger partial charge in [-0.25, -0.2) is 9.59 Å². The summed E-state index contributed by atoms with van der Waals surface area (Å²) in [7, 11) is 0. The van der Waals surface area contributed by atoms with Crippen LogP contribution in [0.15, 0.2) is 48.5 Å². The highest BCUT2D eigenvalue weighted by Crippen LogP contribution is 2.24. The van der Waals surface area contributed by atoms with Crippen LogP contribution < -0.4 is 15.4 Å². The number of nitrogens with one attached hydrogen (secondary N) is 1. The number of hydrogen-bond donors (Lipinski definition) is 2. The predicted octanol–water partition coefficient (Wildman–Crippen LogP) is 2.55. The van der Waals surface area contributed by atoms with Crippen LogP contribution >= 0.6 is 0 Å². The molecule has 0 radical (unpaired) electrons. The van der Waals surface area contributed by atoms with Gasteiger partial charge in [-0.3, -0.25) is 10.3 Å². The molecular weight excluding hydrogens is 362 g/mol. The number of hydrogen-bond acceptors (Lipinski definition) is 6. The molecule has 2 aromatic rings. The number of anilines is 1. The summed E-state index contributed by atoms with van der Waals surface area (Å²) in [6.45, 7) is 2.36. The third kappa shape index (κ3) is 4.22. The minimum absolute atomic E-state index is 0.0788. The van der Waals surface area contributed by atoms with Gasteiger partial charge in [0.15, 0.2) is 6.10 Å². The third-order valence-corrected chi connectivity index (χ3v) is 4.15. The molecule has 0 spiro atoms. The normalized spacial score (nSPS) is 15.8. The van der Waals surface area contributed by atoms with Crippen molar-refractivity contribution in [3.63, 3.8) is 0 Å². The van der Waals surface area contributed by atoms with Crippen LogP contribution in [0.5, 0.6) is 5.75 Å². The molecule has 3 rings (SSSR count). The molecule has 1 atom stereocenters. The van der Waals surface area contributed by atoms with Crippen molar-refractivity contribution in [1.29, 1.82) is 5.41 Å². The molecule has 1 aliphatic rings. The highest BCUT2D eigenvalue weighted by atomic mass is 16.6. The lowest BCUT2D eigenvalue weighted by Gasteiger charge is -2.15. The lowest BCUT2D eigenvalue weighted by Crippen LogP contribution is -2.27. The Morgan fingerprint density at radius 1 is 1.29 bits per heavy atom. The van der Waals surface area contributed by atoms with E-state index in [1.165, 1.54) is 4.90 Å². The summed E-state index contributed by atoms with van der Waals surface area (Å²) in [6.07, 6.45) is -1.02. The Morgan fingerprint density at radius 3 is 2.82 bits per heavy atom. The number of carbonyl (C=O) groups is 2. The second-order valence-corrected chi connectivity index (χ2v) is 6.11. The molecule has 1 saturated heterocycles. The molecular formula is C20H21N3O5. The average molecular weight is 383 g/mol. The van der Waals surface area contributed by atoms with E-state index >= 15 is 0 Å². The van der Waals surface area contributed by atoms with Gasteiger partial charge in [0.25, 0.3) is 0 Å². The number of esters is 1. The Bertz CT molecular complexity index is 899. The van der Waals surface area contributed by atoms with Crippen molar-refractivity contribution < 1.29 is 23.8 Å². The second kappa shape index (κ2) is 8.43. The molecule has 3 N–H and O–H groups in total. The molecule has 8 heteroatoms. The van der Waals surface area contributed by atoms with Crippen molar-refractivity contribution in [2.24, 2.45) is 5.73 Å². The number of nitrogens with zero attached hydrogens (tertiary/aromatic N) is 1. The zero-order valence-corrected chi connectivity index (χ0v) is 15.4. The lowest BCUT2D eigenvalue weighted by atomic mass is 10.1. The van der Waals surface area contributed by atoms with E-state index in [4.69, 9.17) is 25.4 Å². The maximum atomic E-state index is 12.2. The van der Waals surface area contributed by atoms with Gasteiger partial charge in [0.1, 0.15) is 23.8 Å². The number of amidine groups is 1. The first-order chi connectivity index (χ1) is 13.5. The highest BCUT2D eigenvalue weighted by Gasteiger charge is 2.33. The van der Waals surface area contributed by atoms with Gasteiger partial charge in [0.05, 0.1) is 13.2 Å². The van der Waals surface area contributed by atoms with E-state index in [1.807, 2.05) is 0 Å². The van der Waals surface area contributed by atoms with E-state index in [-0.39, 0.29) is 25.6 Å². The maximum absolute atomic E-state index is 12.2. The predicted molar refractivity (Wildman–Crippen MR) is 103 cm³/mol. The Morgan fingerprint density at radius 2 is 2.07 bits per heavy atom. The third-order valence-electron chi connectivity index (χ3n) is 4.15. The summed E-state index contributed by atoms with van der Waals surface area (Å²) in [5, 5.41) is 7.52. The van der Waals surface area contributed by atoms with E-state index in [0.717, 1.165) is 0 Å². The van der Waals surface area contributed by atoms with Crippen LogP contribution in [0, 0.1) is 5.41 Å². The van der Waals surface area contributed by atoms with Gasteiger partial charge in [-0.15, -0.1) is 0 Å². The molecule has 1 fully saturated rings. The Balaban J connectivity index is 1.67. The van der Waals surface area contributed by atoms with Crippen LogP contribution in [0.3, 0.4) is 0 Å². The van der Waals surface area contributed by atoms with Gasteiger partial charge in [0.2, 0.25) is 0 Å². The van der Waals surface area contributed by atoms with Crippen LogP contribution in [0.4, 0.5) is 10.5 Å². The first kappa shape index (κ1) is 19.2. The quantitative estimate of drug-likeness (QED) is 0.431. The molecule has 1 amide bonds. The van der Waals surface area contributed by atoms with E-state index in [9.17, 15) is 9.59 Å². The van der Waals surface area contributed by atoms with Gasteiger partial charge in [0, 0.05) is 11.3 Å². The number of cyclic esters (lactones) is 1. The van der Waals surface area contributed by atoms with Crippen molar-refractivity contribution in [3.05, 3.63) is 59.7 Å². The van der Waals surface area contributed by atoms with Crippen molar-refractivity contribution in [1.82, 2.24) is 0 Å². The van der Waals surface area contributed by atoms with Crippen molar-refractivity contribution in [2.45, 2.75) is 13.0 Å². The molecule has 1 heterocycles. The average Bonchev–Trinajstić information content (AvgIpc) is 3.07. The molecule has 146 valence electrons. The van der Waals surface area contributed by atoms with E-state index < -0.39 is 18.2 Å². The van der Waals surface area contributed by atoms with Gasteiger partial charge >= 0.3 is 12.1 Å². The summed E-state index contributed by atoms with van der Waals surface area (Å²) in [5.74, 6) is -0.178. The van der Waals surface area contributed by atoms with Gasteiger partial charge in [-0.05, 0) is 31.2 Å². The summed E-state index contributed by atoms with van der Waals surface area (Å²) in [6, 6.07) is 13.6. The molecule has 1 aliphatic heterocycles. The number of rotatable bonds is 7. The molecule has 2 aromatic carbocycles. The number of nitrogens with two attached hydrogens (primary N) is 1. The van der Waals surface area contributed by atoms with E-state index in [2.05, 4.69) is 0 Å². The van der Waals surface area contributed by atoms with Crippen LogP contribution in [0.1, 0.15) is 22.8 Å². The molecule has 8 nitrogen and oxygen atoms in total. The molecule has 0 bridgehead atoms. The summed E-state index contributed by atoms with van der Waals surface area (Å²) < 4.78 is 16.1. The number of para-hydroxylation sites is 1. The van der Waals surface area contributed by atoms with Crippen LogP contribution in [0.2, 0.25) is 0 Å². The zero-order valence-electron chi connectivity index (χ0n) is 15.4. The van der Waals surface area contributed by atoms with Crippen LogP contribution in [-0.4, -0.2) is 43.8 Å². The summed E-state index contributed by atoms with van der Waals surface area (Å²) in [5.41, 5.74) is 6.94. The molecule has 1 unspecified atom stereocenters. The molecule has 28 heavy (non-hydrogen) atoms. The summed E-state index contributed by atoms with van der Waals surface area (Å²) in [4.78, 5) is 25.7. The molecule has 0 aromatic heterocycles. The number of ether oxygens (including phenoxy) is 3. The van der Waals surface area contributed by atoms with E-state index in [0.29, 0.717) is 22.6 Å². The SMILES string of the molecule is CCOC(=O)c1ccccc1OCC1CN(c2cccc(C(=N)N)c2)C(=O)O1. The smallest absolute Gasteiger partial charge is 0.414 e. The van der Waals surface area contributed by atoms with Gasteiger partial charge < -0.3 is 19.9 Å². The first-order valence-electron chi connectivity index (χ1n) is 8.81. The molecule has 0 aliphatic carbocycles. The van der Waals surface area contributed by atoms with Crippen LogP contribution in [-0.2, 0) is 9.47 Å². The largest absolute Gasteiger partial charge is 0.489 e. The van der Waals surface area contributed by atoms with Crippen molar-refractivity contribution in [2.75, 3.05) is 24.7 Å². The van der Waals surface area contributed by atoms with Gasteiger partial charge in [-0.1, -0.05) is 24.3 Å².